The lowest BCUT2D eigenvalue weighted by Gasteiger charge is -2.01. The number of methoxy groups -OCH3 is 1. The first-order chi connectivity index (χ1) is 5.27. The smallest absolute Gasteiger partial charge is 0.161 e. The third-order valence-electron chi connectivity index (χ3n) is 1.34. The predicted octanol–water partition coefficient (Wildman–Crippen LogP) is 1.21. The Bertz CT molecular complexity index is 268. The first-order valence-corrected chi connectivity index (χ1v) is 3.10. The van der Waals surface area contributed by atoms with E-state index in [1.165, 1.54) is 25.3 Å². The molecule has 0 aromatic heterocycles. The molecule has 0 saturated carbocycles. The van der Waals surface area contributed by atoms with Crippen molar-refractivity contribution in [3.05, 3.63) is 23.8 Å². The monoisotopic (exact) mass is 154 g/mol. The Balaban J connectivity index is 3.12. The second-order valence-corrected chi connectivity index (χ2v) is 2.05. The van der Waals surface area contributed by atoms with Gasteiger partial charge in [0, 0.05) is 5.56 Å². The van der Waals surface area contributed by atoms with Crippen LogP contribution in [-0.4, -0.2) is 18.5 Å². The highest BCUT2D eigenvalue weighted by molar-refractivity contribution is 5.76. The van der Waals surface area contributed by atoms with Crippen LogP contribution in [0.4, 0.5) is 0 Å². The fourth-order valence-electron chi connectivity index (χ4n) is 0.768. The van der Waals surface area contributed by atoms with Crippen LogP contribution in [0.3, 0.4) is 0 Å². The highest BCUT2D eigenvalue weighted by atomic mass is 16.5. The van der Waals surface area contributed by atoms with Crippen molar-refractivity contribution in [1.29, 1.82) is 0 Å². The molecule has 0 radical (unpaired) electrons. The first kappa shape index (κ1) is 7.60. The van der Waals surface area contributed by atoms with Crippen LogP contribution >= 0.6 is 0 Å². The van der Waals surface area contributed by atoms with E-state index in [0.29, 0.717) is 17.6 Å². The van der Waals surface area contributed by atoms with E-state index in [2.05, 4.69) is 0 Å². The molecule has 0 amide bonds. The van der Waals surface area contributed by atoms with E-state index < -0.39 is 0 Å². The third-order valence-corrected chi connectivity index (χ3v) is 1.34. The Kier molecular flexibility index (Phi) is 2.11. The van der Waals surface area contributed by atoms with Gasteiger partial charge in [0.2, 0.25) is 0 Å². The van der Waals surface area contributed by atoms with Crippen molar-refractivity contribution in [3.8, 4) is 11.5 Å². The van der Waals surface area contributed by atoms with Gasteiger partial charge in [0.15, 0.2) is 11.5 Å². The fraction of sp³-hybridized carbons (Fsp3) is 0.125. The highest BCUT2D eigenvalue weighted by Gasteiger charge is 2.00. The summed E-state index contributed by atoms with van der Waals surface area (Å²) in [6, 6.07) is 4.41. The number of aromatic hydroxyl groups is 1. The Hall–Kier alpha value is -1.51. The zero-order chi connectivity index (χ0) is 8.27. The molecule has 0 fully saturated rings. The number of aldehydes is 1. The van der Waals surface area contributed by atoms with Crippen molar-refractivity contribution < 1.29 is 14.6 Å². The average Bonchev–Trinajstić information content (AvgIpc) is 2.05. The molecule has 0 saturated heterocycles. The molecule has 11 heavy (non-hydrogen) atoms. The minimum atomic E-state index is 0.0399. The molecule has 1 N–H and O–H groups in total. The van der Waals surface area contributed by atoms with E-state index in [9.17, 15) is 4.79 Å². The van der Waals surface area contributed by atoms with Gasteiger partial charge in [-0.2, -0.15) is 0 Å². The lowest BCUT2D eigenvalue weighted by molar-refractivity contribution is 0.112. The largest absolute Gasteiger partial charge is 0.504 e. The Morgan fingerprint density at radius 2 is 2.27 bits per heavy atom. The second-order valence-electron chi connectivity index (χ2n) is 2.05. The van der Waals surface area contributed by atoms with Gasteiger partial charge in [0.05, 0.1) is 7.11 Å². The van der Waals surface area contributed by atoms with Crippen LogP contribution in [0.1, 0.15) is 10.4 Å². The molecule has 1 aromatic rings. The topological polar surface area (TPSA) is 46.5 Å². The lowest BCUT2D eigenvalue weighted by Crippen LogP contribution is -1.85. The summed E-state index contributed by atoms with van der Waals surface area (Å²) in [5, 5.41) is 9.09. The molecule has 58 valence electrons. The molecule has 0 aliphatic heterocycles. The molecular weight excluding hydrogens is 146 g/mol. The van der Waals surface area contributed by atoms with Gasteiger partial charge >= 0.3 is 0 Å². The van der Waals surface area contributed by atoms with E-state index in [-0.39, 0.29) is 5.75 Å². The van der Waals surface area contributed by atoms with Crippen LogP contribution in [-0.2, 0) is 0 Å². The molecule has 0 unspecified atom stereocenters. The molecule has 0 bridgehead atoms. The van der Waals surface area contributed by atoms with Crippen LogP contribution in [0, 0.1) is 0 Å². The number of rotatable bonds is 2. The van der Waals surface area contributed by atoms with E-state index in [4.69, 9.17) is 9.84 Å². The predicted molar refractivity (Wildman–Crippen MR) is 40.0 cm³/mol. The van der Waals surface area contributed by atoms with E-state index in [1.807, 2.05) is 0 Å². The van der Waals surface area contributed by atoms with Gasteiger partial charge in [0.1, 0.15) is 6.29 Å². The van der Waals surface area contributed by atoms with Gasteiger partial charge < -0.3 is 9.84 Å². The highest BCUT2D eigenvalue weighted by Crippen LogP contribution is 2.25. The van der Waals surface area contributed by atoms with Crippen LogP contribution in [0.5, 0.6) is 11.5 Å². The number of hydrogen-bond donors (Lipinski definition) is 1. The Morgan fingerprint density at radius 1 is 1.55 bits per heavy atom. The van der Waals surface area contributed by atoms with Crippen LogP contribution in [0.2, 0.25) is 0 Å². The van der Waals surface area contributed by atoms with Crippen molar-refractivity contribution in [3.63, 3.8) is 0 Å². The SMILES string of the molecule is COc1cc([14CH]=O)ccc1O. The summed E-state index contributed by atoms with van der Waals surface area (Å²) >= 11 is 0. The molecular formula is C8H8O3. The molecule has 0 spiro atoms. The number of benzene rings is 1. The normalized spacial score (nSPS) is 9.18. The quantitative estimate of drug-likeness (QED) is 0.651. The van der Waals surface area contributed by atoms with Crippen molar-refractivity contribution in [2.24, 2.45) is 0 Å². The van der Waals surface area contributed by atoms with Crippen molar-refractivity contribution >= 4 is 6.29 Å². The lowest BCUT2D eigenvalue weighted by atomic mass is 10.3. The summed E-state index contributed by atoms with van der Waals surface area (Å²) in [6.45, 7) is 0. The maximum Gasteiger partial charge on any atom is 0.161 e. The number of carbonyl (C=O) groups excluding carboxylic acids is 1. The second kappa shape index (κ2) is 3.05. The molecule has 0 heterocycles. The molecule has 0 atom stereocenters. The zero-order valence-corrected chi connectivity index (χ0v) is 6.07. The van der Waals surface area contributed by atoms with Gasteiger partial charge in [-0.1, -0.05) is 0 Å². The maximum atomic E-state index is 10.2. The molecule has 3 heteroatoms. The summed E-state index contributed by atoms with van der Waals surface area (Å²) in [7, 11) is 1.43. The van der Waals surface area contributed by atoms with Crippen LogP contribution < -0.4 is 4.74 Å². The standard InChI is InChI=1S/C8H8O3/c1-11-8-4-6(5-9)2-3-7(8)10/h2-5,10H,1H3/i5+2. The first-order valence-electron chi connectivity index (χ1n) is 3.10. The van der Waals surface area contributed by atoms with E-state index in [0.717, 1.165) is 0 Å². The van der Waals surface area contributed by atoms with Crippen LogP contribution in [0.15, 0.2) is 18.2 Å². The van der Waals surface area contributed by atoms with Gasteiger partial charge in [-0.05, 0) is 18.2 Å². The summed E-state index contributed by atoms with van der Waals surface area (Å²) in [4.78, 5) is 10.2. The maximum absolute atomic E-state index is 10.2. The van der Waals surface area contributed by atoms with Crippen molar-refractivity contribution in [2.45, 2.75) is 0 Å². The van der Waals surface area contributed by atoms with Gasteiger partial charge in [0.25, 0.3) is 0 Å². The van der Waals surface area contributed by atoms with Gasteiger partial charge in [-0.25, -0.2) is 0 Å². The minimum absolute atomic E-state index is 0.0399. The number of carbonyl (C=O) groups is 1. The fourth-order valence-corrected chi connectivity index (χ4v) is 0.768. The third kappa shape index (κ3) is 1.49. The molecule has 0 aliphatic rings. The number of ether oxygens (including phenoxy) is 1. The Labute approximate surface area is 64.2 Å². The summed E-state index contributed by atoms with van der Waals surface area (Å²) in [6.07, 6.45) is 0.696. The van der Waals surface area contributed by atoms with Gasteiger partial charge in [-0.3, -0.25) is 4.79 Å². The molecule has 3 nitrogen and oxygen atoms in total. The number of phenols is 1. The summed E-state index contributed by atoms with van der Waals surface area (Å²) in [5.74, 6) is 0.354. The Morgan fingerprint density at radius 3 is 2.82 bits per heavy atom. The number of phenolic OH excluding ortho intramolecular Hbond substituents is 1. The average molecular weight is 154 g/mol. The van der Waals surface area contributed by atoms with Crippen molar-refractivity contribution in [2.75, 3.05) is 7.11 Å². The summed E-state index contributed by atoms with van der Waals surface area (Å²) < 4.78 is 4.78. The van der Waals surface area contributed by atoms with E-state index >= 15 is 0 Å². The van der Waals surface area contributed by atoms with Crippen molar-refractivity contribution in [1.82, 2.24) is 0 Å². The molecule has 1 rings (SSSR count). The molecule has 0 aliphatic carbocycles. The van der Waals surface area contributed by atoms with Crippen LogP contribution in [0.25, 0.3) is 0 Å². The van der Waals surface area contributed by atoms with E-state index in [1.54, 1.807) is 0 Å². The number of hydrogen-bond acceptors (Lipinski definition) is 3. The zero-order valence-electron chi connectivity index (χ0n) is 6.07. The summed E-state index contributed by atoms with van der Waals surface area (Å²) in [5.41, 5.74) is 0.486. The van der Waals surface area contributed by atoms with Gasteiger partial charge in [-0.15, -0.1) is 0 Å². The molecule has 1 aromatic carbocycles. The minimum Gasteiger partial charge on any atom is -0.504 e.